The van der Waals surface area contributed by atoms with E-state index in [1.165, 1.54) is 22.7 Å². The minimum Gasteiger partial charge on any atom is -0.255 e. The SMILES string of the molecule is C=[N+]1C=CC=C[C-]1c1ccc(C)cc1CC. The van der Waals surface area contributed by atoms with Gasteiger partial charge in [-0.05, 0) is 18.6 Å². The van der Waals surface area contributed by atoms with Crippen molar-refractivity contribution in [1.29, 1.82) is 0 Å². The first-order valence-electron chi connectivity index (χ1n) is 5.64. The van der Waals surface area contributed by atoms with Gasteiger partial charge in [0.25, 0.3) is 0 Å². The molecule has 0 saturated carbocycles. The van der Waals surface area contributed by atoms with Crippen LogP contribution in [-0.4, -0.2) is 11.3 Å². The Labute approximate surface area is 97.4 Å². The smallest absolute Gasteiger partial charge is 0.147 e. The highest BCUT2D eigenvalue weighted by Gasteiger charge is 2.15. The fraction of sp³-hybridized carbons (Fsp3) is 0.200. The van der Waals surface area contributed by atoms with Gasteiger partial charge in [-0.3, -0.25) is 4.58 Å². The van der Waals surface area contributed by atoms with Crippen LogP contribution < -0.4 is 0 Å². The van der Waals surface area contributed by atoms with E-state index in [9.17, 15) is 0 Å². The van der Waals surface area contributed by atoms with E-state index in [1.54, 1.807) is 0 Å². The van der Waals surface area contributed by atoms with Crippen LogP contribution in [-0.2, 0) is 6.42 Å². The number of hydrogen-bond donors (Lipinski definition) is 0. The fourth-order valence-corrected chi connectivity index (χ4v) is 1.99. The van der Waals surface area contributed by atoms with Crippen molar-refractivity contribution in [3.8, 4) is 0 Å². The summed E-state index contributed by atoms with van der Waals surface area (Å²) in [6.07, 6.45) is 9.18. The topological polar surface area (TPSA) is 3.01 Å². The Morgan fingerprint density at radius 1 is 1.31 bits per heavy atom. The lowest BCUT2D eigenvalue weighted by Crippen LogP contribution is -2.14. The van der Waals surface area contributed by atoms with Gasteiger partial charge in [0.2, 0.25) is 0 Å². The van der Waals surface area contributed by atoms with Crippen molar-refractivity contribution in [1.82, 2.24) is 0 Å². The van der Waals surface area contributed by atoms with Crippen LogP contribution in [0.15, 0.2) is 42.6 Å². The second-order valence-corrected chi connectivity index (χ2v) is 4.07. The van der Waals surface area contributed by atoms with E-state index in [-0.39, 0.29) is 0 Å². The number of nitrogens with zero attached hydrogens (tertiary/aromatic N) is 1. The molecule has 0 atom stereocenters. The van der Waals surface area contributed by atoms with Gasteiger partial charge in [0.1, 0.15) is 12.2 Å². The molecule has 1 aliphatic rings. The third-order valence-electron chi connectivity index (χ3n) is 2.86. The highest BCUT2D eigenvalue weighted by Crippen LogP contribution is 2.25. The average Bonchev–Trinajstić information content (AvgIpc) is 2.30. The van der Waals surface area contributed by atoms with Crippen molar-refractivity contribution in [3.63, 3.8) is 0 Å². The molecule has 0 unspecified atom stereocenters. The number of benzene rings is 1. The van der Waals surface area contributed by atoms with E-state index >= 15 is 0 Å². The number of allylic oxidation sites excluding steroid dienone is 2. The van der Waals surface area contributed by atoms with E-state index in [0.717, 1.165) is 6.42 Å². The maximum Gasteiger partial charge on any atom is 0.147 e. The maximum atomic E-state index is 4.01. The Balaban J connectivity index is 2.43. The molecule has 1 aromatic carbocycles. The summed E-state index contributed by atoms with van der Waals surface area (Å²) in [5, 5.41) is 0. The summed E-state index contributed by atoms with van der Waals surface area (Å²) in [5.74, 6) is 0. The first-order valence-corrected chi connectivity index (χ1v) is 5.64. The van der Waals surface area contributed by atoms with Crippen LogP contribution in [0, 0.1) is 13.0 Å². The van der Waals surface area contributed by atoms with E-state index in [4.69, 9.17) is 0 Å². The van der Waals surface area contributed by atoms with Gasteiger partial charge >= 0.3 is 0 Å². The van der Waals surface area contributed by atoms with Crippen LogP contribution in [0.2, 0.25) is 0 Å². The zero-order valence-electron chi connectivity index (χ0n) is 9.90. The van der Waals surface area contributed by atoms with Crippen molar-refractivity contribution in [2.45, 2.75) is 20.3 Å². The molecule has 16 heavy (non-hydrogen) atoms. The number of hydrogen-bond acceptors (Lipinski definition) is 0. The Hall–Kier alpha value is -1.76. The Morgan fingerprint density at radius 2 is 2.12 bits per heavy atom. The molecule has 0 aromatic heterocycles. The van der Waals surface area contributed by atoms with Gasteiger partial charge in [0, 0.05) is 0 Å². The Morgan fingerprint density at radius 3 is 2.81 bits per heavy atom. The molecule has 0 bridgehead atoms. The molecule has 0 radical (unpaired) electrons. The molecule has 0 aliphatic carbocycles. The second kappa shape index (κ2) is 4.40. The molecule has 1 nitrogen and oxygen atoms in total. The van der Waals surface area contributed by atoms with Gasteiger partial charge < -0.3 is 0 Å². The van der Waals surface area contributed by atoms with Crippen molar-refractivity contribution in [3.05, 3.63) is 65.4 Å². The van der Waals surface area contributed by atoms with E-state index < -0.39 is 0 Å². The highest BCUT2D eigenvalue weighted by molar-refractivity contribution is 5.44. The minimum atomic E-state index is 1.05. The molecule has 82 valence electrons. The standard InChI is InChI=1S/C15H17N/c1-4-13-11-12(2)8-9-14(13)15-7-5-6-10-16(15)3/h5-11H,3-4H2,1-2H3. The molecule has 0 fully saturated rings. The van der Waals surface area contributed by atoms with E-state index in [0.29, 0.717) is 0 Å². The fourth-order valence-electron chi connectivity index (χ4n) is 1.99. The molecule has 1 heterocycles. The third-order valence-corrected chi connectivity index (χ3v) is 2.86. The lowest BCUT2D eigenvalue weighted by atomic mass is 9.95. The monoisotopic (exact) mass is 211 g/mol. The lowest BCUT2D eigenvalue weighted by molar-refractivity contribution is -0.417. The molecule has 1 aromatic rings. The van der Waals surface area contributed by atoms with Gasteiger partial charge in [0.15, 0.2) is 0 Å². The van der Waals surface area contributed by atoms with Gasteiger partial charge in [-0.25, -0.2) is 0 Å². The van der Waals surface area contributed by atoms with E-state index in [1.807, 2.05) is 16.9 Å². The summed E-state index contributed by atoms with van der Waals surface area (Å²) in [6.45, 7) is 8.33. The summed E-state index contributed by atoms with van der Waals surface area (Å²) < 4.78 is 1.92. The van der Waals surface area contributed by atoms with Crippen LogP contribution in [0.1, 0.15) is 23.6 Å². The molecule has 0 spiro atoms. The summed E-state index contributed by atoms with van der Waals surface area (Å²) in [5.41, 5.74) is 3.97. The van der Waals surface area contributed by atoms with Crippen LogP contribution in [0.3, 0.4) is 0 Å². The summed E-state index contributed by atoms with van der Waals surface area (Å²) in [6, 6.07) is 7.76. The predicted molar refractivity (Wildman–Crippen MR) is 68.6 cm³/mol. The summed E-state index contributed by atoms with van der Waals surface area (Å²) in [4.78, 5) is 0. The molecule has 2 rings (SSSR count). The van der Waals surface area contributed by atoms with Crippen LogP contribution in [0.4, 0.5) is 0 Å². The molecule has 0 saturated heterocycles. The summed E-state index contributed by atoms with van der Waals surface area (Å²) in [7, 11) is 0. The molecule has 0 amide bonds. The largest absolute Gasteiger partial charge is 0.255 e. The molecule has 1 aliphatic heterocycles. The van der Waals surface area contributed by atoms with E-state index in [2.05, 4.69) is 50.9 Å². The zero-order valence-corrected chi connectivity index (χ0v) is 9.90. The minimum absolute atomic E-state index is 1.05. The quantitative estimate of drug-likeness (QED) is 0.522. The third kappa shape index (κ3) is 1.94. The van der Waals surface area contributed by atoms with Gasteiger partial charge in [-0.2, -0.15) is 0 Å². The van der Waals surface area contributed by atoms with Crippen LogP contribution in [0.25, 0.3) is 0 Å². The summed E-state index contributed by atoms with van der Waals surface area (Å²) >= 11 is 0. The Bertz CT molecular complexity index is 466. The van der Waals surface area contributed by atoms with Crippen LogP contribution in [0.5, 0.6) is 0 Å². The van der Waals surface area contributed by atoms with Gasteiger partial charge in [-0.1, -0.05) is 42.7 Å². The van der Waals surface area contributed by atoms with Crippen molar-refractivity contribution in [2.24, 2.45) is 0 Å². The van der Waals surface area contributed by atoms with Crippen LogP contribution >= 0.6 is 0 Å². The lowest BCUT2D eigenvalue weighted by Gasteiger charge is -2.20. The van der Waals surface area contributed by atoms with Gasteiger partial charge in [0.05, 0.1) is 6.72 Å². The zero-order chi connectivity index (χ0) is 11.5. The maximum absolute atomic E-state index is 4.01. The van der Waals surface area contributed by atoms with Crippen molar-refractivity contribution in [2.75, 3.05) is 0 Å². The molecule has 0 N–H and O–H groups in total. The second-order valence-electron chi connectivity index (χ2n) is 4.07. The predicted octanol–water partition coefficient (Wildman–Crippen LogP) is 3.23. The van der Waals surface area contributed by atoms with Crippen molar-refractivity contribution < 1.29 is 4.58 Å². The first kappa shape index (κ1) is 10.7. The Kier molecular flexibility index (Phi) is 2.95. The molecular weight excluding hydrogens is 194 g/mol. The normalized spacial score (nSPS) is 14.6. The first-order chi connectivity index (χ1) is 7.72. The average molecular weight is 211 g/mol. The highest BCUT2D eigenvalue weighted by atomic mass is 15.0. The van der Waals surface area contributed by atoms with Crippen molar-refractivity contribution >= 4 is 6.72 Å². The van der Waals surface area contributed by atoms with Gasteiger partial charge in [-0.15, -0.1) is 12.1 Å². The number of aryl methyl sites for hydroxylation is 2. The molecule has 1 heteroatoms. The molecular formula is C15H17N. The number of rotatable bonds is 2.